The van der Waals surface area contributed by atoms with E-state index in [4.69, 9.17) is 4.74 Å². The Labute approximate surface area is 156 Å². The van der Waals surface area contributed by atoms with Crippen LogP contribution in [0.3, 0.4) is 0 Å². The van der Waals surface area contributed by atoms with Crippen LogP contribution in [0.4, 0.5) is 5.69 Å². The highest BCUT2D eigenvalue weighted by Gasteiger charge is 2.28. The molecule has 136 valence electrons. The molecule has 1 aromatic carbocycles. The molecule has 7 heteroatoms. The van der Waals surface area contributed by atoms with Crippen molar-refractivity contribution >= 4 is 36.4 Å². The van der Waals surface area contributed by atoms with E-state index in [1.165, 1.54) is 12.1 Å². The fraction of sp³-hybridized carbons (Fsp3) is 0.588. The lowest BCUT2D eigenvalue weighted by atomic mass is 10.0. The average Bonchev–Trinajstić information content (AvgIpc) is 2.62. The van der Waals surface area contributed by atoms with Crippen LogP contribution in [0.5, 0.6) is 5.75 Å². The van der Waals surface area contributed by atoms with Crippen LogP contribution >= 0.6 is 24.8 Å². The number of halogens is 2. The molecule has 2 aliphatic rings. The Kier molecular flexibility index (Phi) is 8.67. The Bertz CT molecular complexity index is 499. The van der Waals surface area contributed by atoms with E-state index in [0.29, 0.717) is 0 Å². The summed E-state index contributed by atoms with van der Waals surface area (Å²) in [7, 11) is 1.68. The Morgan fingerprint density at radius 3 is 2.29 bits per heavy atom. The van der Waals surface area contributed by atoms with E-state index in [1.54, 1.807) is 7.11 Å². The van der Waals surface area contributed by atoms with E-state index in [0.717, 1.165) is 51.3 Å². The number of nitrogens with one attached hydrogen (secondary N) is 1. The van der Waals surface area contributed by atoms with Crippen molar-refractivity contribution in [3.05, 3.63) is 24.3 Å². The van der Waals surface area contributed by atoms with Gasteiger partial charge >= 0.3 is 0 Å². The van der Waals surface area contributed by atoms with Gasteiger partial charge in [-0.25, -0.2) is 0 Å². The Morgan fingerprint density at radius 2 is 1.75 bits per heavy atom. The molecule has 1 N–H and O–H groups in total. The largest absolute Gasteiger partial charge is 0.497 e. The molecule has 0 aliphatic carbocycles. The highest BCUT2D eigenvalue weighted by Crippen LogP contribution is 2.21. The second-order valence-electron chi connectivity index (χ2n) is 6.01. The maximum absolute atomic E-state index is 12.5. The first-order chi connectivity index (χ1) is 10.8. The first-order valence-electron chi connectivity index (χ1n) is 8.19. The van der Waals surface area contributed by atoms with Gasteiger partial charge in [-0.2, -0.15) is 0 Å². The third-order valence-corrected chi connectivity index (χ3v) is 4.64. The maximum atomic E-state index is 12.5. The lowest BCUT2D eigenvalue weighted by Gasteiger charge is -2.38. The molecule has 5 nitrogen and oxygen atoms in total. The number of benzene rings is 1. The highest BCUT2D eigenvalue weighted by molar-refractivity contribution is 5.85. The third kappa shape index (κ3) is 4.91. The van der Waals surface area contributed by atoms with Crippen LogP contribution in [0.2, 0.25) is 0 Å². The number of anilines is 1. The summed E-state index contributed by atoms with van der Waals surface area (Å²) in [5.41, 5.74) is 1.20. The minimum Gasteiger partial charge on any atom is -0.497 e. The first-order valence-corrected chi connectivity index (χ1v) is 8.19. The quantitative estimate of drug-likeness (QED) is 0.880. The minimum absolute atomic E-state index is 0. The summed E-state index contributed by atoms with van der Waals surface area (Å²) >= 11 is 0. The molecule has 2 fully saturated rings. The Balaban J connectivity index is 0.00000144. The van der Waals surface area contributed by atoms with Crippen molar-refractivity contribution in [2.75, 3.05) is 44.7 Å². The zero-order valence-corrected chi connectivity index (χ0v) is 15.7. The molecule has 2 aliphatic heterocycles. The minimum atomic E-state index is 0. The second-order valence-corrected chi connectivity index (χ2v) is 6.01. The Morgan fingerprint density at radius 1 is 1.08 bits per heavy atom. The number of rotatable bonds is 3. The van der Waals surface area contributed by atoms with Crippen molar-refractivity contribution in [1.29, 1.82) is 0 Å². The molecule has 0 aromatic heterocycles. The molecule has 0 saturated carbocycles. The number of piperidine rings is 1. The van der Waals surface area contributed by atoms with E-state index < -0.39 is 0 Å². The number of nitrogens with zero attached hydrogens (tertiary/aromatic N) is 2. The summed E-state index contributed by atoms with van der Waals surface area (Å²) in [6.07, 6.45) is 3.34. The van der Waals surface area contributed by atoms with Crippen LogP contribution < -0.4 is 15.0 Å². The molecule has 0 spiro atoms. The maximum Gasteiger partial charge on any atom is 0.239 e. The lowest BCUT2D eigenvalue weighted by molar-refractivity contribution is -0.134. The molecule has 1 atom stereocenters. The van der Waals surface area contributed by atoms with Crippen LogP contribution in [0, 0.1) is 0 Å². The van der Waals surface area contributed by atoms with E-state index in [9.17, 15) is 4.79 Å². The fourth-order valence-corrected chi connectivity index (χ4v) is 3.26. The predicted molar refractivity (Wildman–Crippen MR) is 102 cm³/mol. The molecule has 0 radical (unpaired) electrons. The second kappa shape index (κ2) is 9.97. The zero-order chi connectivity index (χ0) is 15.4. The summed E-state index contributed by atoms with van der Waals surface area (Å²) in [5, 5.41) is 3.35. The highest BCUT2D eigenvalue weighted by atomic mass is 35.5. The molecule has 24 heavy (non-hydrogen) atoms. The van der Waals surface area contributed by atoms with Crippen molar-refractivity contribution in [3.63, 3.8) is 0 Å². The van der Waals surface area contributed by atoms with Gasteiger partial charge in [0.05, 0.1) is 13.2 Å². The normalized spacial score (nSPS) is 20.6. The topological polar surface area (TPSA) is 44.8 Å². The summed E-state index contributed by atoms with van der Waals surface area (Å²) < 4.78 is 5.19. The van der Waals surface area contributed by atoms with Crippen molar-refractivity contribution in [3.8, 4) is 5.75 Å². The fourth-order valence-electron chi connectivity index (χ4n) is 3.26. The van der Waals surface area contributed by atoms with Crippen LogP contribution in [-0.2, 0) is 4.79 Å². The molecule has 1 unspecified atom stereocenters. The van der Waals surface area contributed by atoms with Gasteiger partial charge in [0.2, 0.25) is 5.91 Å². The van der Waals surface area contributed by atoms with Crippen molar-refractivity contribution < 1.29 is 9.53 Å². The molecule has 2 heterocycles. The van der Waals surface area contributed by atoms with E-state index in [1.807, 2.05) is 17.0 Å². The monoisotopic (exact) mass is 375 g/mol. The number of amides is 1. The SMILES string of the molecule is COc1ccc(N2CCN(C(=O)C3CCCCN3)CC2)cc1.Cl.Cl. The Hall–Kier alpha value is -1.17. The standard InChI is InChI=1S/C17H25N3O2.2ClH/c1-22-15-7-5-14(6-8-15)19-10-12-20(13-11-19)17(21)16-4-2-3-9-18-16;;/h5-8,16,18H,2-4,9-13H2,1H3;2*1H. The smallest absolute Gasteiger partial charge is 0.239 e. The number of carbonyl (C=O) groups excluding carboxylic acids is 1. The molecule has 1 amide bonds. The number of methoxy groups -OCH3 is 1. The lowest BCUT2D eigenvalue weighted by Crippen LogP contribution is -2.55. The zero-order valence-electron chi connectivity index (χ0n) is 14.1. The number of hydrogen-bond acceptors (Lipinski definition) is 4. The summed E-state index contributed by atoms with van der Waals surface area (Å²) in [6, 6.07) is 8.18. The van der Waals surface area contributed by atoms with Gasteiger partial charge in [0.1, 0.15) is 5.75 Å². The van der Waals surface area contributed by atoms with Crippen LogP contribution in [0.1, 0.15) is 19.3 Å². The molecule has 2 saturated heterocycles. The molecule has 3 rings (SSSR count). The number of ether oxygens (including phenoxy) is 1. The third-order valence-electron chi connectivity index (χ3n) is 4.64. The molecular weight excluding hydrogens is 349 g/mol. The van der Waals surface area contributed by atoms with Crippen molar-refractivity contribution in [2.24, 2.45) is 0 Å². The van der Waals surface area contributed by atoms with Gasteiger partial charge < -0.3 is 19.9 Å². The average molecular weight is 376 g/mol. The van der Waals surface area contributed by atoms with Gasteiger partial charge in [-0.1, -0.05) is 6.42 Å². The van der Waals surface area contributed by atoms with Gasteiger partial charge in [0, 0.05) is 31.9 Å². The summed E-state index contributed by atoms with van der Waals surface area (Å²) in [6.45, 7) is 4.38. The van der Waals surface area contributed by atoms with Crippen molar-refractivity contribution in [1.82, 2.24) is 10.2 Å². The molecule has 0 bridgehead atoms. The summed E-state index contributed by atoms with van der Waals surface area (Å²) in [4.78, 5) is 16.9. The van der Waals surface area contributed by atoms with Gasteiger partial charge in [-0.15, -0.1) is 24.8 Å². The predicted octanol–water partition coefficient (Wildman–Crippen LogP) is 2.33. The molecular formula is C17H27Cl2N3O2. The number of carbonyl (C=O) groups is 1. The van der Waals surface area contributed by atoms with Crippen LogP contribution in [0.25, 0.3) is 0 Å². The number of hydrogen-bond donors (Lipinski definition) is 1. The summed E-state index contributed by atoms with van der Waals surface area (Å²) in [5.74, 6) is 1.16. The van der Waals surface area contributed by atoms with E-state index >= 15 is 0 Å². The van der Waals surface area contributed by atoms with Gasteiger partial charge in [0.15, 0.2) is 0 Å². The number of piperazine rings is 1. The van der Waals surface area contributed by atoms with Crippen LogP contribution in [0.15, 0.2) is 24.3 Å². The van der Waals surface area contributed by atoms with E-state index in [2.05, 4.69) is 22.3 Å². The first kappa shape index (κ1) is 20.9. The van der Waals surface area contributed by atoms with Crippen LogP contribution in [-0.4, -0.2) is 56.7 Å². The van der Waals surface area contributed by atoms with Crippen molar-refractivity contribution in [2.45, 2.75) is 25.3 Å². The molecule has 1 aromatic rings. The van der Waals surface area contributed by atoms with Gasteiger partial charge in [0.25, 0.3) is 0 Å². The van der Waals surface area contributed by atoms with Gasteiger partial charge in [-0.05, 0) is 43.7 Å². The van der Waals surface area contributed by atoms with Gasteiger partial charge in [-0.3, -0.25) is 4.79 Å². The van der Waals surface area contributed by atoms with E-state index in [-0.39, 0.29) is 36.8 Å².